The zero-order valence-corrected chi connectivity index (χ0v) is 16.2. The fourth-order valence-electron chi connectivity index (χ4n) is 3.18. The van der Waals surface area contributed by atoms with Gasteiger partial charge in [0.15, 0.2) is 6.10 Å². The monoisotopic (exact) mass is 375 g/mol. The molecule has 1 aromatic heterocycles. The number of aliphatic carboxylic acids is 1. The second-order valence-corrected chi connectivity index (χ2v) is 7.24. The smallest absolute Gasteiger partial charge is 0.332 e. The van der Waals surface area contributed by atoms with Crippen LogP contribution < -0.4 is 0 Å². The van der Waals surface area contributed by atoms with Gasteiger partial charge in [-0.1, -0.05) is 68.4 Å². The lowest BCUT2D eigenvalue weighted by atomic mass is 9.97. The number of carboxylic acid groups (broad SMARTS) is 1. The molecule has 0 unspecified atom stereocenters. The predicted octanol–water partition coefficient (Wildman–Crippen LogP) is 5.35. The summed E-state index contributed by atoms with van der Waals surface area (Å²) in [4.78, 5) is 15.8. The fraction of sp³-hybridized carbons (Fsp3) is 0.250. The van der Waals surface area contributed by atoms with Crippen molar-refractivity contribution in [3.8, 4) is 11.1 Å². The van der Waals surface area contributed by atoms with Gasteiger partial charge in [0.1, 0.15) is 6.10 Å². The van der Waals surface area contributed by atoms with Gasteiger partial charge >= 0.3 is 5.97 Å². The molecule has 1 heterocycles. The Balaban J connectivity index is 1.92. The van der Waals surface area contributed by atoms with E-state index in [1.54, 1.807) is 12.4 Å². The van der Waals surface area contributed by atoms with Gasteiger partial charge in [0, 0.05) is 12.4 Å². The number of rotatable bonds is 8. The molecule has 2 atom stereocenters. The van der Waals surface area contributed by atoms with Gasteiger partial charge < -0.3 is 9.84 Å². The average molecular weight is 375 g/mol. The Bertz CT molecular complexity index is 877. The molecule has 3 rings (SSSR count). The van der Waals surface area contributed by atoms with Crippen molar-refractivity contribution in [2.24, 2.45) is 5.92 Å². The first kappa shape index (κ1) is 19.8. The van der Waals surface area contributed by atoms with E-state index >= 15 is 0 Å². The molecular weight excluding hydrogens is 350 g/mol. The Labute approximate surface area is 165 Å². The molecule has 0 bridgehead atoms. The zero-order chi connectivity index (χ0) is 19.9. The van der Waals surface area contributed by atoms with Gasteiger partial charge in [-0.15, -0.1) is 0 Å². The molecule has 144 valence electrons. The Morgan fingerprint density at radius 2 is 1.46 bits per heavy atom. The van der Waals surface area contributed by atoms with Gasteiger partial charge in [-0.2, -0.15) is 0 Å². The maximum absolute atomic E-state index is 11.7. The molecule has 0 amide bonds. The van der Waals surface area contributed by atoms with E-state index < -0.39 is 18.2 Å². The highest BCUT2D eigenvalue weighted by atomic mass is 16.5. The van der Waals surface area contributed by atoms with E-state index in [-0.39, 0.29) is 5.92 Å². The van der Waals surface area contributed by atoms with E-state index in [0.29, 0.717) is 6.42 Å². The molecule has 28 heavy (non-hydrogen) atoms. The number of aromatic nitrogens is 1. The van der Waals surface area contributed by atoms with Crippen molar-refractivity contribution < 1.29 is 14.6 Å². The number of hydrogen-bond donors (Lipinski definition) is 1. The molecule has 0 aliphatic rings. The van der Waals surface area contributed by atoms with Crippen LogP contribution in [0.15, 0.2) is 79.1 Å². The third-order valence-corrected chi connectivity index (χ3v) is 4.59. The van der Waals surface area contributed by atoms with Crippen molar-refractivity contribution in [3.63, 3.8) is 0 Å². The standard InChI is InChI=1S/C24H25NO3/c1-17(2)16-22(24(26)27)28-23(20-6-4-3-5-7-20)21-10-8-18(9-11-21)19-12-14-25-15-13-19/h3-15,17,22-23H,16H2,1-2H3,(H,26,27)/t22-,23+/m0/s1. The van der Waals surface area contributed by atoms with Gasteiger partial charge in [-0.3, -0.25) is 4.98 Å². The van der Waals surface area contributed by atoms with Gasteiger partial charge in [-0.05, 0) is 46.7 Å². The van der Waals surface area contributed by atoms with Gasteiger partial charge in [0.2, 0.25) is 0 Å². The van der Waals surface area contributed by atoms with E-state index in [9.17, 15) is 9.90 Å². The van der Waals surface area contributed by atoms with Gasteiger partial charge in [0.25, 0.3) is 0 Å². The second kappa shape index (κ2) is 9.29. The molecule has 3 aromatic rings. The Hall–Kier alpha value is -2.98. The second-order valence-electron chi connectivity index (χ2n) is 7.24. The topological polar surface area (TPSA) is 59.4 Å². The quantitative estimate of drug-likeness (QED) is 0.576. The lowest BCUT2D eigenvalue weighted by Crippen LogP contribution is -2.28. The van der Waals surface area contributed by atoms with Crippen molar-refractivity contribution >= 4 is 5.97 Å². The SMILES string of the molecule is CC(C)C[C@H](O[C@H](c1ccccc1)c1ccc(-c2ccncc2)cc1)C(=O)O. The van der Waals surface area contributed by atoms with Crippen molar-refractivity contribution in [2.75, 3.05) is 0 Å². The summed E-state index contributed by atoms with van der Waals surface area (Å²) in [5.41, 5.74) is 4.03. The van der Waals surface area contributed by atoms with Crippen molar-refractivity contribution in [2.45, 2.75) is 32.5 Å². The molecular formula is C24H25NO3. The van der Waals surface area contributed by atoms with Crippen LogP contribution in [0.25, 0.3) is 11.1 Å². The van der Waals surface area contributed by atoms with E-state index in [1.807, 2.05) is 80.6 Å². The van der Waals surface area contributed by atoms with Crippen LogP contribution in [-0.2, 0) is 9.53 Å². The summed E-state index contributed by atoms with van der Waals surface area (Å²) in [5.74, 6) is -0.699. The van der Waals surface area contributed by atoms with Crippen LogP contribution in [0.1, 0.15) is 37.5 Å². The van der Waals surface area contributed by atoms with E-state index in [4.69, 9.17) is 4.74 Å². The minimum atomic E-state index is -0.928. The van der Waals surface area contributed by atoms with Crippen LogP contribution in [0, 0.1) is 5.92 Å². The predicted molar refractivity (Wildman–Crippen MR) is 110 cm³/mol. The fourth-order valence-corrected chi connectivity index (χ4v) is 3.18. The van der Waals surface area contributed by atoms with Crippen molar-refractivity contribution in [3.05, 3.63) is 90.3 Å². The molecule has 0 saturated heterocycles. The molecule has 4 nitrogen and oxygen atoms in total. The van der Waals surface area contributed by atoms with Crippen molar-refractivity contribution in [1.29, 1.82) is 0 Å². The minimum absolute atomic E-state index is 0.228. The molecule has 0 aliphatic carbocycles. The Kier molecular flexibility index (Phi) is 6.56. The van der Waals surface area contributed by atoms with Crippen molar-refractivity contribution in [1.82, 2.24) is 4.98 Å². The largest absolute Gasteiger partial charge is 0.479 e. The zero-order valence-electron chi connectivity index (χ0n) is 16.2. The lowest BCUT2D eigenvalue weighted by molar-refractivity contribution is -0.154. The van der Waals surface area contributed by atoms with Gasteiger partial charge in [-0.25, -0.2) is 4.79 Å². The van der Waals surface area contributed by atoms with E-state index in [0.717, 1.165) is 22.3 Å². The number of ether oxygens (including phenoxy) is 1. The van der Waals surface area contributed by atoms with Crippen LogP contribution in [0.2, 0.25) is 0 Å². The summed E-state index contributed by atoms with van der Waals surface area (Å²) in [7, 11) is 0. The number of hydrogen-bond acceptors (Lipinski definition) is 3. The summed E-state index contributed by atoms with van der Waals surface area (Å²) in [6, 6.07) is 21.7. The number of pyridine rings is 1. The maximum atomic E-state index is 11.7. The molecule has 0 radical (unpaired) electrons. The summed E-state index contributed by atoms with van der Waals surface area (Å²) in [5, 5.41) is 9.63. The number of carboxylic acids is 1. The molecule has 4 heteroatoms. The third-order valence-electron chi connectivity index (χ3n) is 4.59. The molecule has 0 spiro atoms. The van der Waals surface area contributed by atoms with Crippen LogP contribution in [-0.4, -0.2) is 22.2 Å². The molecule has 0 aliphatic heterocycles. The number of carbonyl (C=O) groups is 1. The molecule has 2 aromatic carbocycles. The molecule has 0 saturated carbocycles. The van der Waals surface area contributed by atoms with Crippen LogP contribution in [0.3, 0.4) is 0 Å². The van der Waals surface area contributed by atoms with E-state index in [2.05, 4.69) is 4.98 Å². The normalized spacial score (nSPS) is 13.2. The third kappa shape index (κ3) is 5.05. The minimum Gasteiger partial charge on any atom is -0.479 e. The molecule has 0 fully saturated rings. The van der Waals surface area contributed by atoms with Crippen LogP contribution >= 0.6 is 0 Å². The average Bonchev–Trinajstić information content (AvgIpc) is 2.72. The maximum Gasteiger partial charge on any atom is 0.332 e. The summed E-state index contributed by atoms with van der Waals surface area (Å²) in [6.07, 6.45) is 2.70. The number of nitrogens with zero attached hydrogens (tertiary/aromatic N) is 1. The molecule has 1 N–H and O–H groups in total. The highest BCUT2D eigenvalue weighted by Gasteiger charge is 2.26. The number of benzene rings is 2. The van der Waals surface area contributed by atoms with Crippen LogP contribution in [0.4, 0.5) is 0 Å². The highest BCUT2D eigenvalue weighted by Crippen LogP contribution is 2.30. The summed E-state index contributed by atoms with van der Waals surface area (Å²) < 4.78 is 6.13. The first-order chi connectivity index (χ1) is 13.5. The van der Waals surface area contributed by atoms with E-state index in [1.165, 1.54) is 0 Å². The first-order valence-electron chi connectivity index (χ1n) is 9.48. The summed E-state index contributed by atoms with van der Waals surface area (Å²) in [6.45, 7) is 4.00. The Morgan fingerprint density at radius 3 is 2.04 bits per heavy atom. The highest BCUT2D eigenvalue weighted by molar-refractivity contribution is 5.72. The van der Waals surface area contributed by atoms with Gasteiger partial charge in [0.05, 0.1) is 0 Å². The Morgan fingerprint density at radius 1 is 0.893 bits per heavy atom. The summed E-state index contributed by atoms with van der Waals surface area (Å²) >= 11 is 0. The van der Waals surface area contributed by atoms with Crippen LogP contribution in [0.5, 0.6) is 0 Å². The lowest BCUT2D eigenvalue weighted by Gasteiger charge is -2.24. The first-order valence-corrected chi connectivity index (χ1v) is 9.48.